The van der Waals surface area contributed by atoms with E-state index in [1.165, 1.54) is 0 Å². The molecule has 0 N–H and O–H groups in total. The van der Waals surface area contributed by atoms with Gasteiger partial charge in [0.2, 0.25) is 0 Å². The lowest BCUT2D eigenvalue weighted by Crippen LogP contribution is -2.07. The van der Waals surface area contributed by atoms with Gasteiger partial charge in [0.1, 0.15) is 11.6 Å². The predicted molar refractivity (Wildman–Crippen MR) is 73.3 cm³/mol. The van der Waals surface area contributed by atoms with E-state index in [1.807, 2.05) is 13.0 Å². The van der Waals surface area contributed by atoms with Crippen LogP contribution in [0.15, 0.2) is 40.9 Å². The number of carbonyl (C=O) groups is 1. The van der Waals surface area contributed by atoms with Crippen molar-refractivity contribution >= 4 is 21.7 Å². The van der Waals surface area contributed by atoms with Gasteiger partial charge in [-0.3, -0.25) is 4.79 Å². The first kappa shape index (κ1) is 13.9. The number of halogens is 3. The lowest BCUT2D eigenvalue weighted by molar-refractivity contribution is 0.0991. The van der Waals surface area contributed by atoms with Crippen molar-refractivity contribution in [1.29, 1.82) is 0 Å². The Hall–Kier alpha value is -1.55. The molecule has 0 fully saturated rings. The minimum Gasteiger partial charge on any atom is -0.294 e. The quantitative estimate of drug-likeness (QED) is 0.762. The lowest BCUT2D eigenvalue weighted by Gasteiger charge is -2.06. The van der Waals surface area contributed by atoms with Gasteiger partial charge in [-0.05, 0) is 42.8 Å². The number of aryl methyl sites for hydroxylation is 1. The zero-order valence-corrected chi connectivity index (χ0v) is 11.8. The fourth-order valence-electron chi connectivity index (χ4n) is 1.80. The monoisotopic (exact) mass is 324 g/mol. The molecule has 0 amide bonds. The normalized spacial score (nSPS) is 10.5. The molecule has 0 bridgehead atoms. The summed E-state index contributed by atoms with van der Waals surface area (Å²) in [6, 6.07) is 8.48. The summed E-state index contributed by atoms with van der Waals surface area (Å²) in [5, 5.41) is 0. The number of hydrogen-bond acceptors (Lipinski definition) is 1. The second-order valence-electron chi connectivity index (χ2n) is 4.32. The molecule has 19 heavy (non-hydrogen) atoms. The Bertz CT molecular complexity index is 638. The molecule has 0 aliphatic rings. The number of benzene rings is 2. The molecule has 2 aromatic carbocycles. The van der Waals surface area contributed by atoms with Gasteiger partial charge in [-0.1, -0.05) is 27.6 Å². The Labute approximate surface area is 118 Å². The van der Waals surface area contributed by atoms with Crippen molar-refractivity contribution in [3.63, 3.8) is 0 Å². The first-order valence-corrected chi connectivity index (χ1v) is 6.50. The van der Waals surface area contributed by atoms with Crippen LogP contribution in [0.1, 0.15) is 21.5 Å². The van der Waals surface area contributed by atoms with Crippen LogP contribution in [-0.4, -0.2) is 5.78 Å². The molecule has 2 aromatic rings. The Kier molecular flexibility index (Phi) is 4.10. The third-order valence-electron chi connectivity index (χ3n) is 2.78. The van der Waals surface area contributed by atoms with Gasteiger partial charge in [-0.25, -0.2) is 8.78 Å². The van der Waals surface area contributed by atoms with Crippen molar-refractivity contribution in [2.24, 2.45) is 0 Å². The molecule has 98 valence electrons. The minimum absolute atomic E-state index is 0.0680. The molecule has 0 aliphatic carbocycles. The summed E-state index contributed by atoms with van der Waals surface area (Å²) < 4.78 is 27.2. The van der Waals surface area contributed by atoms with Crippen molar-refractivity contribution < 1.29 is 13.6 Å². The highest BCUT2D eigenvalue weighted by Crippen LogP contribution is 2.21. The van der Waals surface area contributed by atoms with Gasteiger partial charge in [0.25, 0.3) is 0 Å². The van der Waals surface area contributed by atoms with Crippen molar-refractivity contribution in [3.8, 4) is 0 Å². The summed E-state index contributed by atoms with van der Waals surface area (Å²) >= 11 is 3.29. The SMILES string of the molecule is Cc1ccc(Br)c(C(=O)Cc2cc(F)ccc2F)c1. The summed E-state index contributed by atoms with van der Waals surface area (Å²) in [5.41, 5.74) is 1.48. The fraction of sp³-hybridized carbons (Fsp3) is 0.133. The molecule has 0 aromatic heterocycles. The van der Waals surface area contributed by atoms with Gasteiger partial charge >= 0.3 is 0 Å². The number of Topliss-reactive ketones (excluding diaryl/α,β-unsaturated/α-hetero) is 1. The lowest BCUT2D eigenvalue weighted by atomic mass is 10.0. The maximum Gasteiger partial charge on any atom is 0.168 e. The summed E-state index contributed by atoms with van der Waals surface area (Å²) in [7, 11) is 0. The fourth-order valence-corrected chi connectivity index (χ4v) is 2.27. The molecule has 0 aliphatic heterocycles. The van der Waals surface area contributed by atoms with E-state index >= 15 is 0 Å². The first-order chi connectivity index (χ1) is 8.97. The van der Waals surface area contributed by atoms with Crippen LogP contribution in [0.2, 0.25) is 0 Å². The van der Waals surface area contributed by atoms with Gasteiger partial charge < -0.3 is 0 Å². The van der Waals surface area contributed by atoms with E-state index in [2.05, 4.69) is 15.9 Å². The van der Waals surface area contributed by atoms with E-state index in [-0.39, 0.29) is 17.8 Å². The maximum atomic E-state index is 13.5. The number of carbonyl (C=O) groups excluding carboxylic acids is 1. The molecule has 0 radical (unpaired) electrons. The Morgan fingerprint density at radius 2 is 1.89 bits per heavy atom. The highest BCUT2D eigenvalue weighted by atomic mass is 79.9. The van der Waals surface area contributed by atoms with E-state index in [4.69, 9.17) is 0 Å². The van der Waals surface area contributed by atoms with E-state index in [0.29, 0.717) is 10.0 Å². The number of hydrogen-bond donors (Lipinski definition) is 0. The Balaban J connectivity index is 2.30. The van der Waals surface area contributed by atoms with Crippen molar-refractivity contribution in [3.05, 3.63) is 69.2 Å². The van der Waals surface area contributed by atoms with Crippen LogP contribution in [-0.2, 0) is 6.42 Å². The molecule has 2 rings (SSSR count). The molecular weight excluding hydrogens is 314 g/mol. The third kappa shape index (κ3) is 3.26. The summed E-state index contributed by atoms with van der Waals surface area (Å²) in [5.74, 6) is -1.37. The molecule has 1 nitrogen and oxygen atoms in total. The molecular formula is C15H11BrF2O. The maximum absolute atomic E-state index is 13.5. The zero-order chi connectivity index (χ0) is 14.0. The highest BCUT2D eigenvalue weighted by molar-refractivity contribution is 9.10. The average Bonchev–Trinajstić information content (AvgIpc) is 2.36. The molecule has 0 saturated carbocycles. The topological polar surface area (TPSA) is 17.1 Å². The highest BCUT2D eigenvalue weighted by Gasteiger charge is 2.14. The van der Waals surface area contributed by atoms with Crippen molar-refractivity contribution in [2.45, 2.75) is 13.3 Å². The van der Waals surface area contributed by atoms with Gasteiger partial charge in [0, 0.05) is 16.5 Å². The molecule has 4 heteroatoms. The number of rotatable bonds is 3. The Morgan fingerprint density at radius 3 is 2.63 bits per heavy atom. The van der Waals surface area contributed by atoms with Crippen LogP contribution in [0.3, 0.4) is 0 Å². The minimum atomic E-state index is -0.571. The van der Waals surface area contributed by atoms with Gasteiger partial charge in [-0.2, -0.15) is 0 Å². The largest absolute Gasteiger partial charge is 0.294 e. The first-order valence-electron chi connectivity index (χ1n) is 5.70. The predicted octanol–water partition coefficient (Wildman–Crippen LogP) is 4.46. The van der Waals surface area contributed by atoms with E-state index < -0.39 is 11.6 Å². The van der Waals surface area contributed by atoms with Crippen molar-refractivity contribution in [1.82, 2.24) is 0 Å². The second kappa shape index (κ2) is 5.61. The summed E-state index contributed by atoms with van der Waals surface area (Å²) in [6.45, 7) is 1.87. The Morgan fingerprint density at radius 1 is 1.16 bits per heavy atom. The standard InChI is InChI=1S/C15H11BrF2O/c1-9-2-4-13(16)12(6-9)15(19)8-10-7-11(17)3-5-14(10)18/h2-7H,8H2,1H3. The molecule has 0 spiro atoms. The smallest absolute Gasteiger partial charge is 0.168 e. The van der Waals surface area contributed by atoms with Crippen LogP contribution in [0.4, 0.5) is 8.78 Å². The van der Waals surface area contributed by atoms with Crippen LogP contribution in [0.5, 0.6) is 0 Å². The van der Waals surface area contributed by atoms with Gasteiger partial charge in [-0.15, -0.1) is 0 Å². The molecule has 0 atom stereocenters. The van der Waals surface area contributed by atoms with Crippen molar-refractivity contribution in [2.75, 3.05) is 0 Å². The summed E-state index contributed by atoms with van der Waals surface area (Å²) in [6.07, 6.45) is -0.161. The van der Waals surface area contributed by atoms with Gasteiger partial charge in [0.05, 0.1) is 0 Å². The molecule has 0 unspecified atom stereocenters. The zero-order valence-electron chi connectivity index (χ0n) is 10.2. The van der Waals surface area contributed by atoms with Crippen LogP contribution < -0.4 is 0 Å². The summed E-state index contributed by atoms with van der Waals surface area (Å²) in [4.78, 5) is 12.1. The van der Waals surface area contributed by atoms with E-state index in [0.717, 1.165) is 23.8 Å². The van der Waals surface area contributed by atoms with Gasteiger partial charge in [0.15, 0.2) is 5.78 Å². The van der Waals surface area contributed by atoms with Crippen LogP contribution in [0, 0.1) is 18.6 Å². The number of ketones is 1. The van der Waals surface area contributed by atoms with Crippen LogP contribution >= 0.6 is 15.9 Å². The molecule has 0 heterocycles. The molecule has 0 saturated heterocycles. The second-order valence-corrected chi connectivity index (χ2v) is 5.17. The third-order valence-corrected chi connectivity index (χ3v) is 3.47. The average molecular weight is 325 g/mol. The van der Waals surface area contributed by atoms with Crippen LogP contribution in [0.25, 0.3) is 0 Å². The van der Waals surface area contributed by atoms with E-state index in [9.17, 15) is 13.6 Å². The van der Waals surface area contributed by atoms with E-state index in [1.54, 1.807) is 12.1 Å².